The van der Waals surface area contributed by atoms with Crippen LogP contribution in [0.15, 0.2) is 30.6 Å². The molecule has 1 aromatic carbocycles. The van der Waals surface area contributed by atoms with Crippen molar-refractivity contribution in [1.82, 2.24) is 15.3 Å². The molecule has 0 spiro atoms. The second kappa shape index (κ2) is 8.50. The Morgan fingerprint density at radius 1 is 1.16 bits per heavy atom. The van der Waals surface area contributed by atoms with Crippen LogP contribution in [0.4, 0.5) is 5.82 Å². The van der Waals surface area contributed by atoms with E-state index in [0.717, 1.165) is 18.4 Å². The SMILES string of the molecule is O=C(NCCc1ccc(Cl)cc1Cl)c1cc(NC2CCCC2)ncn1. The zero-order valence-electron chi connectivity index (χ0n) is 13.8. The van der Waals surface area contributed by atoms with Gasteiger partial charge in [0.2, 0.25) is 0 Å². The first-order valence-corrected chi connectivity index (χ1v) is 9.18. The van der Waals surface area contributed by atoms with Gasteiger partial charge in [0, 0.05) is 28.7 Å². The first-order valence-electron chi connectivity index (χ1n) is 8.42. The number of nitrogens with zero attached hydrogens (tertiary/aromatic N) is 2. The van der Waals surface area contributed by atoms with Gasteiger partial charge in [-0.25, -0.2) is 9.97 Å². The summed E-state index contributed by atoms with van der Waals surface area (Å²) in [4.78, 5) is 20.5. The lowest BCUT2D eigenvalue weighted by Crippen LogP contribution is -2.27. The van der Waals surface area contributed by atoms with Gasteiger partial charge in [-0.3, -0.25) is 4.79 Å². The third kappa shape index (κ3) is 5.06. The molecule has 2 N–H and O–H groups in total. The van der Waals surface area contributed by atoms with Gasteiger partial charge in [-0.1, -0.05) is 42.1 Å². The van der Waals surface area contributed by atoms with Crippen molar-refractivity contribution in [2.45, 2.75) is 38.1 Å². The van der Waals surface area contributed by atoms with Crippen LogP contribution in [-0.2, 0) is 6.42 Å². The van der Waals surface area contributed by atoms with Crippen LogP contribution in [0.25, 0.3) is 0 Å². The van der Waals surface area contributed by atoms with Gasteiger partial charge in [0.1, 0.15) is 17.8 Å². The Labute approximate surface area is 157 Å². The minimum Gasteiger partial charge on any atom is -0.367 e. The molecule has 0 saturated heterocycles. The Morgan fingerprint density at radius 2 is 1.96 bits per heavy atom. The van der Waals surface area contributed by atoms with Gasteiger partial charge in [0.15, 0.2) is 0 Å². The number of hydrogen-bond donors (Lipinski definition) is 2. The second-order valence-electron chi connectivity index (χ2n) is 6.16. The maximum atomic E-state index is 12.3. The van der Waals surface area contributed by atoms with Gasteiger partial charge < -0.3 is 10.6 Å². The number of carbonyl (C=O) groups excluding carboxylic acids is 1. The van der Waals surface area contributed by atoms with E-state index in [1.807, 2.05) is 6.07 Å². The van der Waals surface area contributed by atoms with Gasteiger partial charge in [-0.15, -0.1) is 0 Å². The van der Waals surface area contributed by atoms with Crippen LogP contribution in [0.1, 0.15) is 41.7 Å². The zero-order chi connectivity index (χ0) is 17.6. The summed E-state index contributed by atoms with van der Waals surface area (Å²) < 4.78 is 0. The standard InChI is InChI=1S/C18H20Cl2N4O/c19-13-6-5-12(15(20)9-13)7-8-21-18(25)16-10-17(23-11-22-16)24-14-3-1-2-4-14/h5-6,9-11,14H,1-4,7-8H2,(H,21,25)(H,22,23,24). The van der Waals surface area contributed by atoms with Crippen LogP contribution in [0.3, 0.4) is 0 Å². The van der Waals surface area contributed by atoms with Crippen molar-refractivity contribution < 1.29 is 4.79 Å². The van der Waals surface area contributed by atoms with Crippen LogP contribution >= 0.6 is 23.2 Å². The second-order valence-corrected chi connectivity index (χ2v) is 7.00. The predicted octanol–water partition coefficient (Wildman–Crippen LogP) is 4.11. The monoisotopic (exact) mass is 378 g/mol. The van der Waals surface area contributed by atoms with Crippen molar-refractivity contribution in [1.29, 1.82) is 0 Å². The Bertz CT molecular complexity index is 748. The number of hydrogen-bond acceptors (Lipinski definition) is 4. The maximum absolute atomic E-state index is 12.3. The van der Waals surface area contributed by atoms with E-state index in [-0.39, 0.29) is 5.91 Å². The van der Waals surface area contributed by atoms with E-state index in [0.29, 0.717) is 40.6 Å². The smallest absolute Gasteiger partial charge is 0.270 e. The van der Waals surface area contributed by atoms with Gasteiger partial charge in [-0.2, -0.15) is 0 Å². The van der Waals surface area contributed by atoms with Crippen molar-refractivity contribution in [3.63, 3.8) is 0 Å². The summed E-state index contributed by atoms with van der Waals surface area (Å²) in [5.41, 5.74) is 1.30. The molecule has 1 aliphatic rings. The van der Waals surface area contributed by atoms with E-state index >= 15 is 0 Å². The van der Waals surface area contributed by atoms with Crippen LogP contribution in [0, 0.1) is 0 Å². The average Bonchev–Trinajstić information content (AvgIpc) is 3.10. The predicted molar refractivity (Wildman–Crippen MR) is 100 cm³/mol. The number of nitrogens with one attached hydrogen (secondary N) is 2. The molecule has 7 heteroatoms. The van der Waals surface area contributed by atoms with Crippen molar-refractivity contribution in [2.75, 3.05) is 11.9 Å². The molecule has 1 aliphatic carbocycles. The average molecular weight is 379 g/mol. The fraction of sp³-hybridized carbons (Fsp3) is 0.389. The topological polar surface area (TPSA) is 66.9 Å². The van der Waals surface area contributed by atoms with E-state index in [2.05, 4.69) is 20.6 Å². The van der Waals surface area contributed by atoms with E-state index < -0.39 is 0 Å². The molecule has 1 saturated carbocycles. The van der Waals surface area contributed by atoms with Gasteiger partial charge in [0.25, 0.3) is 5.91 Å². The molecule has 5 nitrogen and oxygen atoms in total. The molecule has 0 radical (unpaired) electrons. The van der Waals surface area contributed by atoms with Crippen molar-refractivity contribution in [3.05, 3.63) is 51.9 Å². The van der Waals surface area contributed by atoms with Crippen LogP contribution in [-0.4, -0.2) is 28.5 Å². The fourth-order valence-corrected chi connectivity index (χ4v) is 3.47. The number of rotatable bonds is 6. The molecule has 1 fully saturated rings. The molecule has 0 aliphatic heterocycles. The summed E-state index contributed by atoms with van der Waals surface area (Å²) in [6.07, 6.45) is 6.82. The van der Waals surface area contributed by atoms with E-state index in [1.54, 1.807) is 18.2 Å². The van der Waals surface area contributed by atoms with E-state index in [4.69, 9.17) is 23.2 Å². The molecular formula is C18H20Cl2N4O. The molecule has 132 valence electrons. The molecule has 0 bridgehead atoms. The summed E-state index contributed by atoms with van der Waals surface area (Å²) >= 11 is 12.0. The summed E-state index contributed by atoms with van der Waals surface area (Å²) in [5, 5.41) is 7.43. The minimum atomic E-state index is -0.220. The molecule has 1 heterocycles. The van der Waals surface area contributed by atoms with E-state index in [9.17, 15) is 4.79 Å². The highest BCUT2D eigenvalue weighted by molar-refractivity contribution is 6.35. The normalized spacial score (nSPS) is 14.5. The van der Waals surface area contributed by atoms with Crippen LogP contribution in [0.5, 0.6) is 0 Å². The molecule has 25 heavy (non-hydrogen) atoms. The van der Waals surface area contributed by atoms with Gasteiger partial charge >= 0.3 is 0 Å². The molecular weight excluding hydrogens is 359 g/mol. The molecule has 3 rings (SSSR count). The number of amides is 1. The van der Waals surface area contributed by atoms with Crippen molar-refractivity contribution in [3.8, 4) is 0 Å². The maximum Gasteiger partial charge on any atom is 0.270 e. The van der Waals surface area contributed by atoms with Gasteiger partial charge in [-0.05, 0) is 37.0 Å². The molecule has 1 aromatic heterocycles. The van der Waals surface area contributed by atoms with Crippen molar-refractivity contribution in [2.24, 2.45) is 0 Å². The van der Waals surface area contributed by atoms with E-state index in [1.165, 1.54) is 19.2 Å². The lowest BCUT2D eigenvalue weighted by molar-refractivity contribution is 0.0949. The largest absolute Gasteiger partial charge is 0.367 e. The number of aromatic nitrogens is 2. The Morgan fingerprint density at radius 3 is 2.72 bits per heavy atom. The highest BCUT2D eigenvalue weighted by Gasteiger charge is 2.16. The summed E-state index contributed by atoms with van der Waals surface area (Å²) in [7, 11) is 0. The Kier molecular flexibility index (Phi) is 6.10. The highest BCUT2D eigenvalue weighted by Crippen LogP contribution is 2.22. The highest BCUT2D eigenvalue weighted by atomic mass is 35.5. The molecule has 2 aromatic rings. The summed E-state index contributed by atoms with van der Waals surface area (Å²) in [6.45, 7) is 0.468. The fourth-order valence-electron chi connectivity index (χ4n) is 2.97. The number of benzene rings is 1. The Hall–Kier alpha value is -1.85. The lowest BCUT2D eigenvalue weighted by Gasteiger charge is -2.13. The zero-order valence-corrected chi connectivity index (χ0v) is 15.3. The lowest BCUT2D eigenvalue weighted by atomic mass is 10.1. The third-order valence-electron chi connectivity index (χ3n) is 4.30. The minimum absolute atomic E-state index is 0.220. The quantitative estimate of drug-likeness (QED) is 0.793. The molecule has 0 atom stereocenters. The summed E-state index contributed by atoms with van der Waals surface area (Å²) in [6, 6.07) is 7.49. The number of anilines is 1. The van der Waals surface area contributed by atoms with Crippen LogP contribution in [0.2, 0.25) is 10.0 Å². The molecule has 1 amide bonds. The third-order valence-corrected chi connectivity index (χ3v) is 4.89. The summed E-state index contributed by atoms with van der Waals surface area (Å²) in [5.74, 6) is 0.481. The molecule has 0 unspecified atom stereocenters. The number of carbonyl (C=O) groups is 1. The van der Waals surface area contributed by atoms with Crippen LogP contribution < -0.4 is 10.6 Å². The van der Waals surface area contributed by atoms with Crippen molar-refractivity contribution >= 4 is 34.9 Å². The first-order chi connectivity index (χ1) is 12.1. The first kappa shape index (κ1) is 18.0. The number of halogens is 2. The van der Waals surface area contributed by atoms with Gasteiger partial charge in [0.05, 0.1) is 0 Å². The Balaban J connectivity index is 1.54.